The van der Waals surface area contributed by atoms with E-state index in [0.717, 1.165) is 22.3 Å². The molecule has 40 heavy (non-hydrogen) atoms. The maximum Gasteiger partial charge on any atom is 0.324 e. The van der Waals surface area contributed by atoms with Crippen LogP contribution in [0.4, 0.5) is 11.5 Å². The molecule has 1 saturated heterocycles. The number of aliphatic hydroxyl groups excluding tert-OH is 2. The van der Waals surface area contributed by atoms with Gasteiger partial charge in [0.2, 0.25) is 0 Å². The van der Waals surface area contributed by atoms with Crippen molar-refractivity contribution >= 4 is 28.6 Å². The van der Waals surface area contributed by atoms with E-state index in [1.54, 1.807) is 15.2 Å². The first kappa shape index (κ1) is 25.0. The number of amides is 1. The third kappa shape index (κ3) is 4.68. The van der Waals surface area contributed by atoms with E-state index in [9.17, 15) is 9.90 Å². The highest BCUT2D eigenvalue weighted by molar-refractivity contribution is 5.91. The summed E-state index contributed by atoms with van der Waals surface area (Å²) in [7, 11) is 0. The topological polar surface area (TPSA) is 163 Å². The number of pyridine rings is 1. The van der Waals surface area contributed by atoms with Crippen molar-refractivity contribution in [2.75, 3.05) is 18.4 Å². The van der Waals surface area contributed by atoms with E-state index in [0.29, 0.717) is 48.9 Å². The molecule has 1 amide bonds. The maximum atomic E-state index is 12.2. The van der Waals surface area contributed by atoms with Gasteiger partial charge in [0.25, 0.3) is 11.7 Å². The number of anilines is 2. The van der Waals surface area contributed by atoms with E-state index < -0.39 is 17.6 Å². The smallest absolute Gasteiger partial charge is 0.324 e. The molecule has 1 aromatic carbocycles. The van der Waals surface area contributed by atoms with Crippen molar-refractivity contribution in [1.82, 2.24) is 34.1 Å². The third-order valence-electron chi connectivity index (χ3n) is 7.04. The summed E-state index contributed by atoms with van der Waals surface area (Å²) in [5.41, 5.74) is 4.33. The van der Waals surface area contributed by atoms with Crippen LogP contribution in [-0.2, 0) is 4.79 Å². The second-order valence-corrected chi connectivity index (χ2v) is 9.54. The zero-order valence-corrected chi connectivity index (χ0v) is 21.5. The Labute approximate surface area is 227 Å². The fraction of sp³-hybridized carbons (Fsp3) is 0.222. The Balaban J connectivity index is 1.20. The number of fused-ring (bicyclic) bond motifs is 2. The van der Waals surface area contributed by atoms with E-state index in [-0.39, 0.29) is 5.92 Å². The van der Waals surface area contributed by atoms with Crippen molar-refractivity contribution in [3.05, 3.63) is 84.3 Å². The summed E-state index contributed by atoms with van der Waals surface area (Å²) < 4.78 is 9.52. The molecule has 5 aromatic rings. The van der Waals surface area contributed by atoms with E-state index >= 15 is 0 Å². The molecule has 5 heterocycles. The predicted molar refractivity (Wildman–Crippen MR) is 144 cm³/mol. The first-order chi connectivity index (χ1) is 19.4. The Kier molecular flexibility index (Phi) is 6.30. The van der Waals surface area contributed by atoms with Crippen LogP contribution >= 0.6 is 0 Å². The lowest BCUT2D eigenvalue weighted by Crippen LogP contribution is -2.39. The summed E-state index contributed by atoms with van der Waals surface area (Å²) in [6.07, 6.45) is 7.91. The van der Waals surface area contributed by atoms with Crippen LogP contribution in [-0.4, -0.2) is 68.4 Å². The first-order valence-corrected chi connectivity index (χ1v) is 12.6. The van der Waals surface area contributed by atoms with Gasteiger partial charge in [-0.25, -0.2) is 19.0 Å². The number of aryl methyl sites for hydroxylation is 1. The summed E-state index contributed by atoms with van der Waals surface area (Å²) >= 11 is 0. The molecule has 0 unspecified atom stereocenters. The van der Waals surface area contributed by atoms with Gasteiger partial charge in [0.15, 0.2) is 11.5 Å². The molecule has 6 rings (SSSR count). The van der Waals surface area contributed by atoms with E-state index in [1.807, 2.05) is 49.5 Å². The Morgan fingerprint density at radius 1 is 0.975 bits per heavy atom. The van der Waals surface area contributed by atoms with Gasteiger partial charge in [0.1, 0.15) is 29.7 Å². The molecular formula is C27H26N8O5. The van der Waals surface area contributed by atoms with Crippen LogP contribution in [0.3, 0.4) is 0 Å². The van der Waals surface area contributed by atoms with Crippen LogP contribution in [0.25, 0.3) is 11.2 Å². The lowest BCUT2D eigenvalue weighted by atomic mass is 9.90. The van der Waals surface area contributed by atoms with Crippen LogP contribution < -0.4 is 10.1 Å². The number of nitrogens with zero attached hydrogens (tertiary/aromatic N) is 7. The molecule has 1 fully saturated rings. The number of likely N-dealkylation sites (tertiary alicyclic amines) is 1. The van der Waals surface area contributed by atoms with Gasteiger partial charge in [-0.2, -0.15) is 10.2 Å². The van der Waals surface area contributed by atoms with Crippen molar-refractivity contribution in [3.63, 3.8) is 0 Å². The van der Waals surface area contributed by atoms with Gasteiger partial charge in [-0.05, 0) is 67.1 Å². The summed E-state index contributed by atoms with van der Waals surface area (Å²) in [4.78, 5) is 22.4. The molecule has 204 valence electrons. The number of ether oxygens (including phenoxy) is 1. The molecule has 4 N–H and O–H groups in total. The number of rotatable bonds is 6. The Morgan fingerprint density at radius 3 is 2.50 bits per heavy atom. The normalized spacial score (nSPS) is 14.0. The molecule has 0 spiro atoms. The zero-order valence-electron chi connectivity index (χ0n) is 21.5. The van der Waals surface area contributed by atoms with Crippen LogP contribution in [0.5, 0.6) is 11.5 Å². The third-order valence-corrected chi connectivity index (χ3v) is 7.04. The minimum absolute atomic E-state index is 0.120. The van der Waals surface area contributed by atoms with Crippen LogP contribution in [0, 0.1) is 6.92 Å². The van der Waals surface area contributed by atoms with Gasteiger partial charge in [0, 0.05) is 37.2 Å². The van der Waals surface area contributed by atoms with Crippen LogP contribution in [0.15, 0.2) is 73.2 Å². The number of aliphatic hydroxyl groups is 3. The van der Waals surface area contributed by atoms with Crippen LogP contribution in [0.2, 0.25) is 0 Å². The Morgan fingerprint density at radius 2 is 1.73 bits per heavy atom. The number of hydrogen-bond acceptors (Lipinski definition) is 10. The van der Waals surface area contributed by atoms with Crippen LogP contribution in [0.1, 0.15) is 29.9 Å². The second kappa shape index (κ2) is 10.1. The Bertz CT molecular complexity index is 1750. The highest BCUT2D eigenvalue weighted by Crippen LogP contribution is 2.35. The standard InChI is InChI=1S/C27H26N8O5/c1-16-12-18(2-3-21(16)40-19-6-10-34-22(13-19)28-14-30-34)32-25-23-20(7-11-35(23)31-15-29-25)17-4-8-33(9-5-17)26(37)24(36)27(38)39/h2-3,6-7,10-15,17,36,38-39H,4-5,8-9H2,1H3,(H,29,31,32). The molecule has 13 heteroatoms. The number of carbonyl (C=O) groups excluding carboxylic acids is 1. The van der Waals surface area contributed by atoms with E-state index in [2.05, 4.69) is 25.5 Å². The van der Waals surface area contributed by atoms with Gasteiger partial charge < -0.3 is 30.3 Å². The molecule has 1 aliphatic rings. The average Bonchev–Trinajstić information content (AvgIpc) is 3.61. The van der Waals surface area contributed by atoms with Gasteiger partial charge in [-0.1, -0.05) is 0 Å². The van der Waals surface area contributed by atoms with Gasteiger partial charge in [-0.3, -0.25) is 4.79 Å². The van der Waals surface area contributed by atoms with Crippen molar-refractivity contribution in [3.8, 4) is 11.5 Å². The first-order valence-electron chi connectivity index (χ1n) is 12.6. The molecule has 0 atom stereocenters. The lowest BCUT2D eigenvalue weighted by Gasteiger charge is -2.31. The van der Waals surface area contributed by atoms with Gasteiger partial charge in [-0.15, -0.1) is 0 Å². The number of aromatic nitrogens is 6. The minimum Gasteiger partial charge on any atom is -0.498 e. The van der Waals surface area contributed by atoms with Gasteiger partial charge in [0.05, 0.1) is 0 Å². The molecule has 0 aliphatic carbocycles. The monoisotopic (exact) mass is 542 g/mol. The zero-order chi connectivity index (χ0) is 27.8. The molecule has 0 radical (unpaired) electrons. The molecular weight excluding hydrogens is 516 g/mol. The van der Waals surface area contributed by atoms with Crippen molar-refractivity contribution in [2.24, 2.45) is 0 Å². The number of benzene rings is 1. The highest BCUT2D eigenvalue weighted by atomic mass is 16.5. The summed E-state index contributed by atoms with van der Waals surface area (Å²) in [5.74, 6) is -1.08. The number of piperidine rings is 1. The largest absolute Gasteiger partial charge is 0.498 e. The number of hydrogen-bond donors (Lipinski definition) is 4. The minimum atomic E-state index is -1.37. The highest BCUT2D eigenvalue weighted by Gasteiger charge is 2.29. The molecule has 13 nitrogen and oxygen atoms in total. The van der Waals surface area contributed by atoms with E-state index in [1.165, 1.54) is 17.6 Å². The Hall–Kier alpha value is -5.33. The second-order valence-electron chi connectivity index (χ2n) is 9.54. The SMILES string of the molecule is Cc1cc(Nc2ncnn3ccc(C4CCN(C(=O)C(O)=C(O)O)CC4)c23)ccc1Oc1ccn2ncnc2c1. The summed E-state index contributed by atoms with van der Waals surface area (Å²) in [5, 5.41) is 39.5. The van der Waals surface area contributed by atoms with Crippen molar-refractivity contribution in [2.45, 2.75) is 25.7 Å². The number of nitrogens with one attached hydrogen (secondary N) is 1. The predicted octanol–water partition coefficient (Wildman–Crippen LogP) is 4.17. The molecule has 1 aliphatic heterocycles. The van der Waals surface area contributed by atoms with Gasteiger partial charge >= 0.3 is 5.95 Å². The average molecular weight is 543 g/mol. The summed E-state index contributed by atoms with van der Waals surface area (Å²) in [6.45, 7) is 2.69. The maximum absolute atomic E-state index is 12.2. The summed E-state index contributed by atoms with van der Waals surface area (Å²) in [6, 6.07) is 11.4. The van der Waals surface area contributed by atoms with E-state index in [4.69, 9.17) is 14.9 Å². The fourth-order valence-corrected chi connectivity index (χ4v) is 5.00. The molecule has 0 bridgehead atoms. The van der Waals surface area contributed by atoms with Crippen molar-refractivity contribution in [1.29, 1.82) is 0 Å². The number of carbonyl (C=O) groups is 1. The quantitative estimate of drug-likeness (QED) is 0.181. The fourth-order valence-electron chi connectivity index (χ4n) is 5.00. The molecule has 0 saturated carbocycles. The molecule has 4 aromatic heterocycles. The van der Waals surface area contributed by atoms with Crippen molar-refractivity contribution < 1.29 is 24.9 Å². The lowest BCUT2D eigenvalue weighted by molar-refractivity contribution is -0.131.